The van der Waals surface area contributed by atoms with Gasteiger partial charge in [-0.2, -0.15) is 13.2 Å². The molecule has 0 saturated carbocycles. The summed E-state index contributed by atoms with van der Waals surface area (Å²) in [5.74, 6) is -0.130. The Labute approximate surface area is 201 Å². The van der Waals surface area contributed by atoms with E-state index in [0.29, 0.717) is 39.5 Å². The molecule has 2 rings (SSSR count). The minimum atomic E-state index is -4.61. The van der Waals surface area contributed by atoms with E-state index in [2.05, 4.69) is 10.5 Å². The van der Waals surface area contributed by atoms with Crippen molar-refractivity contribution in [1.82, 2.24) is 10.5 Å². The molecule has 0 aliphatic rings. The normalized spacial score (nSPS) is 11.6. The smallest absolute Gasteiger partial charge is 0.417 e. The molecule has 35 heavy (non-hydrogen) atoms. The average molecular weight is 505 g/mol. The Balaban J connectivity index is 1.77. The van der Waals surface area contributed by atoms with Gasteiger partial charge in [-0.25, -0.2) is 0 Å². The van der Waals surface area contributed by atoms with Crippen LogP contribution in [0.2, 0.25) is 0 Å². The van der Waals surface area contributed by atoms with Crippen molar-refractivity contribution < 1.29 is 46.5 Å². The zero-order valence-electron chi connectivity index (χ0n) is 19.6. The third-order valence-electron chi connectivity index (χ3n) is 4.49. The minimum Gasteiger partial charge on any atom is -0.494 e. The zero-order valence-corrected chi connectivity index (χ0v) is 19.6. The Morgan fingerprint density at radius 2 is 1.71 bits per heavy atom. The molecule has 0 fully saturated rings. The first-order valence-electron chi connectivity index (χ1n) is 11.3. The fourth-order valence-corrected chi connectivity index (χ4v) is 2.90. The van der Waals surface area contributed by atoms with Gasteiger partial charge in [0.05, 0.1) is 64.8 Å². The van der Waals surface area contributed by atoms with Crippen LogP contribution in [-0.2, 0) is 31.6 Å². The quantitative estimate of drug-likeness (QED) is 0.317. The molecule has 0 spiro atoms. The van der Waals surface area contributed by atoms with Gasteiger partial charge in [0.2, 0.25) is 5.91 Å². The highest BCUT2D eigenvalue weighted by molar-refractivity contribution is 5.78. The number of nitrogens with one attached hydrogen (secondary N) is 1. The number of hydrogen-bond donors (Lipinski definition) is 2. The van der Waals surface area contributed by atoms with Crippen molar-refractivity contribution in [2.75, 3.05) is 59.4 Å². The summed E-state index contributed by atoms with van der Waals surface area (Å²) in [6, 6.07) is 4.97. The maximum atomic E-state index is 13.6. The number of benzene rings is 1. The topological polar surface area (TPSA) is 112 Å². The minimum absolute atomic E-state index is 0.0211. The molecule has 2 N–H and O–H groups in total. The summed E-state index contributed by atoms with van der Waals surface area (Å²) in [5, 5.41) is 14.9. The van der Waals surface area contributed by atoms with Crippen LogP contribution in [0, 0.1) is 0 Å². The molecule has 1 aromatic carbocycles. The lowest BCUT2D eigenvalue weighted by Gasteiger charge is -2.13. The van der Waals surface area contributed by atoms with Crippen molar-refractivity contribution in [3.8, 4) is 17.0 Å². The van der Waals surface area contributed by atoms with Crippen molar-refractivity contribution in [2.24, 2.45) is 0 Å². The summed E-state index contributed by atoms with van der Waals surface area (Å²) in [6.45, 7) is 4.38. The van der Waals surface area contributed by atoms with E-state index >= 15 is 0 Å². The number of ether oxygens (including phenoxy) is 4. The Morgan fingerprint density at radius 3 is 2.37 bits per heavy atom. The monoisotopic (exact) mass is 504 g/mol. The fourth-order valence-electron chi connectivity index (χ4n) is 2.90. The lowest BCUT2D eigenvalue weighted by Crippen LogP contribution is -2.28. The second kappa shape index (κ2) is 15.4. The van der Waals surface area contributed by atoms with Gasteiger partial charge in [0, 0.05) is 18.2 Å². The predicted octanol–water partition coefficient (Wildman–Crippen LogP) is 2.85. The summed E-state index contributed by atoms with van der Waals surface area (Å²) in [5.41, 5.74) is -1.08. The summed E-state index contributed by atoms with van der Waals surface area (Å²) in [4.78, 5) is 12.1. The van der Waals surface area contributed by atoms with E-state index in [1.54, 1.807) is 0 Å². The molecule has 1 amide bonds. The van der Waals surface area contributed by atoms with Gasteiger partial charge in [0.15, 0.2) is 0 Å². The highest BCUT2D eigenvalue weighted by Crippen LogP contribution is 2.39. The number of carbonyl (C=O) groups is 1. The third-order valence-corrected chi connectivity index (χ3v) is 4.49. The molecule has 12 heteroatoms. The molecule has 2 aromatic rings. The molecule has 9 nitrogen and oxygen atoms in total. The molecule has 0 atom stereocenters. The van der Waals surface area contributed by atoms with Crippen LogP contribution in [0.4, 0.5) is 13.2 Å². The fraction of sp³-hybridized carbons (Fsp3) is 0.565. The van der Waals surface area contributed by atoms with E-state index in [0.717, 1.165) is 6.07 Å². The van der Waals surface area contributed by atoms with Crippen LogP contribution in [0.1, 0.15) is 24.7 Å². The van der Waals surface area contributed by atoms with Gasteiger partial charge in [0.1, 0.15) is 17.2 Å². The SMILES string of the molecule is CCCOc1ccc(-c2cc(CC(=O)NCCOCCOCCOCCO)on2)c(C(F)(F)F)c1. The Bertz CT molecular complexity index is 890. The number of aliphatic hydroxyl groups is 1. The molecule has 0 radical (unpaired) electrons. The number of nitrogens with zero attached hydrogens (tertiary/aromatic N) is 1. The van der Waals surface area contributed by atoms with Crippen molar-refractivity contribution in [3.63, 3.8) is 0 Å². The molecule has 1 aromatic heterocycles. The van der Waals surface area contributed by atoms with E-state index in [9.17, 15) is 18.0 Å². The van der Waals surface area contributed by atoms with Crippen molar-refractivity contribution in [3.05, 3.63) is 35.6 Å². The number of aliphatic hydroxyl groups excluding tert-OH is 1. The zero-order chi connectivity index (χ0) is 25.5. The molecular weight excluding hydrogens is 473 g/mol. The van der Waals surface area contributed by atoms with Crippen molar-refractivity contribution in [2.45, 2.75) is 25.9 Å². The van der Waals surface area contributed by atoms with E-state index in [1.807, 2.05) is 6.92 Å². The van der Waals surface area contributed by atoms with Gasteiger partial charge in [-0.1, -0.05) is 12.1 Å². The first kappa shape index (κ1) is 28.6. The Kier molecular flexibility index (Phi) is 12.5. The summed E-state index contributed by atoms with van der Waals surface area (Å²) >= 11 is 0. The predicted molar refractivity (Wildman–Crippen MR) is 119 cm³/mol. The van der Waals surface area contributed by atoms with Crippen molar-refractivity contribution >= 4 is 5.91 Å². The Hall–Kier alpha value is -2.67. The highest BCUT2D eigenvalue weighted by atomic mass is 19.4. The summed E-state index contributed by atoms with van der Waals surface area (Å²) in [6.07, 6.45) is -4.12. The molecule has 0 unspecified atom stereocenters. The number of amides is 1. The average Bonchev–Trinajstić information content (AvgIpc) is 3.28. The van der Waals surface area contributed by atoms with Gasteiger partial charge in [0.25, 0.3) is 0 Å². The second-order valence-electron chi connectivity index (χ2n) is 7.32. The van der Waals surface area contributed by atoms with Crippen LogP contribution in [0.5, 0.6) is 5.75 Å². The van der Waals surface area contributed by atoms with Crippen molar-refractivity contribution in [1.29, 1.82) is 0 Å². The summed E-state index contributed by atoms with van der Waals surface area (Å²) in [7, 11) is 0. The highest BCUT2D eigenvalue weighted by Gasteiger charge is 2.35. The second-order valence-corrected chi connectivity index (χ2v) is 7.32. The van der Waals surface area contributed by atoms with Crippen LogP contribution in [0.25, 0.3) is 11.3 Å². The number of alkyl halides is 3. The molecular formula is C23H31F3N2O7. The standard InChI is InChI=1S/C23H31F3N2O7/c1-2-7-34-17-3-4-19(20(14-17)23(24,25)26)21-15-18(35-28-21)16-22(30)27-5-8-31-10-12-33-13-11-32-9-6-29/h3-4,14-15,29H,2,5-13,16H2,1H3,(H,27,30). The molecule has 0 bridgehead atoms. The third kappa shape index (κ3) is 10.6. The molecule has 0 saturated heterocycles. The van der Waals surface area contributed by atoms with Crippen LogP contribution in [-0.4, -0.2) is 75.6 Å². The maximum absolute atomic E-state index is 13.6. The number of halogens is 3. The van der Waals surface area contributed by atoms with E-state index in [4.69, 9.17) is 28.6 Å². The number of hydrogen-bond acceptors (Lipinski definition) is 8. The van der Waals surface area contributed by atoms with Gasteiger partial charge in [-0.05, 0) is 24.6 Å². The summed E-state index contributed by atoms with van der Waals surface area (Å²) < 4.78 is 66.7. The first-order valence-corrected chi connectivity index (χ1v) is 11.3. The van der Waals surface area contributed by atoms with Gasteiger partial charge in [-0.15, -0.1) is 0 Å². The maximum Gasteiger partial charge on any atom is 0.417 e. The van der Waals surface area contributed by atoms with E-state index in [-0.39, 0.29) is 61.5 Å². The number of rotatable bonds is 17. The lowest BCUT2D eigenvalue weighted by atomic mass is 10.0. The largest absolute Gasteiger partial charge is 0.494 e. The van der Waals surface area contributed by atoms with Crippen LogP contribution >= 0.6 is 0 Å². The lowest BCUT2D eigenvalue weighted by molar-refractivity contribution is -0.137. The van der Waals surface area contributed by atoms with Crippen LogP contribution in [0.3, 0.4) is 0 Å². The van der Waals surface area contributed by atoms with Crippen LogP contribution in [0.15, 0.2) is 28.8 Å². The Morgan fingerprint density at radius 1 is 1.03 bits per heavy atom. The number of carbonyl (C=O) groups excluding carboxylic acids is 1. The molecule has 1 heterocycles. The first-order chi connectivity index (χ1) is 16.8. The molecule has 0 aliphatic heterocycles. The van der Waals surface area contributed by atoms with E-state index in [1.165, 1.54) is 18.2 Å². The van der Waals surface area contributed by atoms with Crippen LogP contribution < -0.4 is 10.1 Å². The van der Waals surface area contributed by atoms with Gasteiger partial charge >= 0.3 is 6.18 Å². The molecule has 196 valence electrons. The molecule has 0 aliphatic carbocycles. The van der Waals surface area contributed by atoms with E-state index < -0.39 is 11.7 Å². The number of aromatic nitrogens is 1. The van der Waals surface area contributed by atoms with Gasteiger partial charge in [-0.3, -0.25) is 4.79 Å². The van der Waals surface area contributed by atoms with Gasteiger partial charge < -0.3 is 33.9 Å².